The highest BCUT2D eigenvalue weighted by Crippen LogP contribution is 2.19. The Morgan fingerprint density at radius 3 is 2.16 bits per heavy atom. The van der Waals surface area contributed by atoms with E-state index in [1.165, 1.54) is 24.3 Å². The van der Waals surface area contributed by atoms with Gasteiger partial charge in [-0.05, 0) is 37.1 Å². The Hall–Kier alpha value is -1.42. The van der Waals surface area contributed by atoms with E-state index < -0.39 is 15.6 Å². The third-order valence-electron chi connectivity index (χ3n) is 3.39. The summed E-state index contributed by atoms with van der Waals surface area (Å²) in [4.78, 5) is 0.145. The fourth-order valence-electron chi connectivity index (χ4n) is 1.78. The second kappa shape index (κ2) is 6.15. The van der Waals surface area contributed by atoms with Crippen LogP contribution in [0.5, 0.6) is 0 Å². The van der Waals surface area contributed by atoms with Gasteiger partial charge in [-0.3, -0.25) is 0 Å². The molecule has 0 atom stereocenters. The first-order chi connectivity index (χ1) is 8.93. The zero-order chi connectivity index (χ0) is 14.5. The summed E-state index contributed by atoms with van der Waals surface area (Å²) in [5.41, 5.74) is 5.50. The van der Waals surface area contributed by atoms with Crippen LogP contribution in [-0.4, -0.2) is 20.5 Å². The summed E-state index contributed by atoms with van der Waals surface area (Å²) in [6.07, 6.45) is 1.24. The molecular formula is C13H19N3O2S. The summed E-state index contributed by atoms with van der Waals surface area (Å²) in [7, 11) is -3.62. The van der Waals surface area contributed by atoms with Crippen LogP contribution in [0.3, 0.4) is 0 Å². The lowest BCUT2D eigenvalue weighted by Gasteiger charge is -2.30. The molecule has 0 aliphatic rings. The average molecular weight is 281 g/mol. The van der Waals surface area contributed by atoms with Gasteiger partial charge in [0.05, 0.1) is 16.5 Å². The van der Waals surface area contributed by atoms with Gasteiger partial charge in [0, 0.05) is 12.1 Å². The zero-order valence-electron chi connectivity index (χ0n) is 11.2. The molecule has 0 amide bonds. The van der Waals surface area contributed by atoms with Crippen LogP contribution >= 0.6 is 0 Å². The minimum Gasteiger partial charge on any atom is -0.329 e. The van der Waals surface area contributed by atoms with Crippen molar-refractivity contribution >= 4 is 10.0 Å². The number of hydrogen-bond acceptors (Lipinski definition) is 4. The number of benzene rings is 1. The van der Waals surface area contributed by atoms with Crippen LogP contribution in [0.1, 0.15) is 32.3 Å². The number of nitrogens with one attached hydrogen (secondary N) is 1. The summed E-state index contributed by atoms with van der Waals surface area (Å²) >= 11 is 0. The van der Waals surface area contributed by atoms with Gasteiger partial charge in [-0.25, -0.2) is 13.1 Å². The van der Waals surface area contributed by atoms with Gasteiger partial charge < -0.3 is 5.73 Å². The molecule has 1 rings (SSSR count). The first-order valence-electron chi connectivity index (χ1n) is 6.17. The lowest BCUT2D eigenvalue weighted by Crippen LogP contribution is -2.52. The van der Waals surface area contributed by atoms with Crippen molar-refractivity contribution in [1.29, 1.82) is 5.26 Å². The van der Waals surface area contributed by atoms with Gasteiger partial charge in [0.1, 0.15) is 0 Å². The van der Waals surface area contributed by atoms with E-state index in [2.05, 4.69) is 4.72 Å². The molecule has 0 saturated carbocycles. The molecule has 0 saturated heterocycles. The Morgan fingerprint density at radius 1 is 1.26 bits per heavy atom. The zero-order valence-corrected chi connectivity index (χ0v) is 12.0. The smallest absolute Gasteiger partial charge is 0.241 e. The summed E-state index contributed by atoms with van der Waals surface area (Å²) in [5, 5.41) is 8.70. The normalized spacial score (nSPS) is 12.1. The quantitative estimate of drug-likeness (QED) is 0.822. The summed E-state index contributed by atoms with van der Waals surface area (Å²) in [6.45, 7) is 4.05. The van der Waals surface area contributed by atoms with Crippen LogP contribution in [0.2, 0.25) is 0 Å². The lowest BCUT2D eigenvalue weighted by atomic mass is 9.95. The van der Waals surface area contributed by atoms with Gasteiger partial charge in [-0.1, -0.05) is 13.8 Å². The minimum atomic E-state index is -3.62. The fraction of sp³-hybridized carbons (Fsp3) is 0.462. The van der Waals surface area contributed by atoms with E-state index in [1.54, 1.807) is 0 Å². The molecule has 0 unspecified atom stereocenters. The lowest BCUT2D eigenvalue weighted by molar-refractivity contribution is 0.363. The van der Waals surface area contributed by atoms with E-state index in [9.17, 15) is 8.42 Å². The maximum absolute atomic E-state index is 12.3. The van der Waals surface area contributed by atoms with Crippen molar-refractivity contribution in [2.75, 3.05) is 6.54 Å². The van der Waals surface area contributed by atoms with E-state index in [1.807, 2.05) is 19.9 Å². The molecule has 0 spiro atoms. The predicted molar refractivity (Wildman–Crippen MR) is 73.8 cm³/mol. The molecule has 104 valence electrons. The molecule has 0 bridgehead atoms. The molecule has 0 aliphatic heterocycles. The van der Waals surface area contributed by atoms with E-state index in [0.717, 1.165) is 0 Å². The number of hydrogen-bond donors (Lipinski definition) is 2. The van der Waals surface area contributed by atoms with Crippen LogP contribution in [0.4, 0.5) is 0 Å². The number of nitrogens with two attached hydrogens (primary N) is 1. The molecule has 3 N–H and O–H groups in total. The Labute approximate surface area is 114 Å². The molecule has 19 heavy (non-hydrogen) atoms. The summed E-state index contributed by atoms with van der Waals surface area (Å²) in [6, 6.07) is 7.77. The van der Waals surface area contributed by atoms with Crippen LogP contribution in [0.15, 0.2) is 29.2 Å². The second-order valence-electron chi connectivity index (χ2n) is 4.43. The van der Waals surface area contributed by atoms with Crippen molar-refractivity contribution in [2.24, 2.45) is 5.73 Å². The number of nitriles is 1. The van der Waals surface area contributed by atoms with Gasteiger partial charge in [0.15, 0.2) is 0 Å². The van der Waals surface area contributed by atoms with Crippen molar-refractivity contribution in [3.8, 4) is 6.07 Å². The van der Waals surface area contributed by atoms with Crippen molar-refractivity contribution in [3.63, 3.8) is 0 Å². The third kappa shape index (κ3) is 3.53. The standard InChI is InChI=1S/C13H19N3O2S/c1-3-13(4-2,10-15)16-19(17,18)12-7-5-11(9-14)6-8-12/h5-8,16H,3-4,10,15H2,1-2H3. The van der Waals surface area contributed by atoms with Crippen LogP contribution < -0.4 is 10.5 Å². The van der Waals surface area contributed by atoms with Gasteiger partial charge in [0.2, 0.25) is 10.0 Å². The molecule has 0 fully saturated rings. The Balaban J connectivity index is 3.07. The Bertz CT molecular complexity index is 546. The van der Waals surface area contributed by atoms with Crippen molar-refractivity contribution in [1.82, 2.24) is 4.72 Å². The van der Waals surface area contributed by atoms with E-state index in [4.69, 9.17) is 11.0 Å². The number of nitrogens with zero attached hydrogens (tertiary/aromatic N) is 1. The fourth-order valence-corrected chi connectivity index (χ4v) is 3.33. The molecule has 0 aromatic heterocycles. The van der Waals surface area contributed by atoms with Crippen LogP contribution in [0.25, 0.3) is 0 Å². The molecule has 0 radical (unpaired) electrons. The molecule has 0 heterocycles. The van der Waals surface area contributed by atoms with Gasteiger partial charge in [-0.2, -0.15) is 5.26 Å². The molecule has 1 aromatic carbocycles. The van der Waals surface area contributed by atoms with Crippen LogP contribution in [-0.2, 0) is 10.0 Å². The molecule has 0 aliphatic carbocycles. The molecule has 5 nitrogen and oxygen atoms in total. The summed E-state index contributed by atoms with van der Waals surface area (Å²) < 4.78 is 27.2. The van der Waals surface area contributed by atoms with Crippen molar-refractivity contribution < 1.29 is 8.42 Å². The largest absolute Gasteiger partial charge is 0.329 e. The Kier molecular flexibility index (Phi) is 5.06. The maximum atomic E-state index is 12.3. The average Bonchev–Trinajstić information content (AvgIpc) is 2.45. The van der Waals surface area contributed by atoms with Crippen LogP contribution in [0, 0.1) is 11.3 Å². The van der Waals surface area contributed by atoms with E-state index in [0.29, 0.717) is 18.4 Å². The topological polar surface area (TPSA) is 96.0 Å². The highest BCUT2D eigenvalue weighted by molar-refractivity contribution is 7.89. The number of sulfonamides is 1. The van der Waals surface area contributed by atoms with Gasteiger partial charge in [-0.15, -0.1) is 0 Å². The highest BCUT2D eigenvalue weighted by Gasteiger charge is 2.30. The predicted octanol–water partition coefficient (Wildman–Crippen LogP) is 1.35. The molecule has 1 aromatic rings. The summed E-state index contributed by atoms with van der Waals surface area (Å²) in [5.74, 6) is 0. The van der Waals surface area contributed by atoms with Crippen molar-refractivity contribution in [2.45, 2.75) is 37.1 Å². The SMILES string of the molecule is CCC(CC)(CN)NS(=O)(=O)c1ccc(C#N)cc1. The number of rotatable bonds is 6. The molecule has 6 heteroatoms. The maximum Gasteiger partial charge on any atom is 0.241 e. The first kappa shape index (κ1) is 15.6. The first-order valence-corrected chi connectivity index (χ1v) is 7.65. The second-order valence-corrected chi connectivity index (χ2v) is 6.12. The van der Waals surface area contributed by atoms with E-state index in [-0.39, 0.29) is 11.4 Å². The van der Waals surface area contributed by atoms with Gasteiger partial charge in [0.25, 0.3) is 0 Å². The monoisotopic (exact) mass is 281 g/mol. The third-order valence-corrected chi connectivity index (χ3v) is 4.98. The Morgan fingerprint density at radius 2 is 1.79 bits per heavy atom. The van der Waals surface area contributed by atoms with Gasteiger partial charge >= 0.3 is 0 Å². The molecular weight excluding hydrogens is 262 g/mol. The van der Waals surface area contributed by atoms with E-state index >= 15 is 0 Å². The van der Waals surface area contributed by atoms with Crippen molar-refractivity contribution in [3.05, 3.63) is 29.8 Å². The highest BCUT2D eigenvalue weighted by atomic mass is 32.2. The minimum absolute atomic E-state index is 0.145.